The molecule has 0 spiro atoms. The zero-order chi connectivity index (χ0) is 34.1. The van der Waals surface area contributed by atoms with Crippen LogP contribution in [0.15, 0.2) is 127 Å². The van der Waals surface area contributed by atoms with Crippen LogP contribution >= 0.6 is 0 Å². The van der Waals surface area contributed by atoms with E-state index in [0.29, 0.717) is 28.5 Å². The number of hydrogen-bond donors (Lipinski definition) is 0. The molecule has 0 saturated heterocycles. The molecule has 4 heteroatoms. The van der Waals surface area contributed by atoms with Crippen molar-refractivity contribution in [3.8, 4) is 62.5 Å². The van der Waals surface area contributed by atoms with Gasteiger partial charge in [0.2, 0.25) is 0 Å². The van der Waals surface area contributed by atoms with E-state index in [-0.39, 0.29) is 0 Å². The Labute approximate surface area is 296 Å². The number of nitriles is 1. The topological polar surface area (TPSA) is 62.5 Å². The molecule has 2 aliphatic carbocycles. The van der Waals surface area contributed by atoms with Crippen molar-refractivity contribution >= 4 is 0 Å². The predicted molar refractivity (Wildman–Crippen MR) is 203 cm³/mol. The van der Waals surface area contributed by atoms with E-state index in [1.165, 1.54) is 55.2 Å². The Morgan fingerprint density at radius 1 is 0.600 bits per heavy atom. The van der Waals surface area contributed by atoms with E-state index in [4.69, 9.17) is 15.0 Å². The lowest BCUT2D eigenvalue weighted by Crippen LogP contribution is -2.42. The van der Waals surface area contributed by atoms with Crippen LogP contribution in [-0.4, -0.2) is 15.0 Å². The monoisotopic (exact) mass is 650 g/mol. The molecule has 1 aromatic heterocycles. The van der Waals surface area contributed by atoms with Crippen molar-refractivity contribution in [2.24, 2.45) is 17.8 Å². The van der Waals surface area contributed by atoms with E-state index in [0.717, 1.165) is 45.6 Å². The van der Waals surface area contributed by atoms with Gasteiger partial charge in [-0.15, -0.1) is 0 Å². The number of benzene rings is 5. The Morgan fingerprint density at radius 2 is 1.16 bits per heavy atom. The smallest absolute Gasteiger partial charge is 0.164 e. The lowest BCUT2D eigenvalue weighted by molar-refractivity contribution is 0.0702. The molecule has 0 aliphatic heterocycles. The number of nitrogens with zero attached hydrogens (tertiary/aromatic N) is 4. The van der Waals surface area contributed by atoms with Gasteiger partial charge in [-0.2, -0.15) is 5.26 Å². The third-order valence-electron chi connectivity index (χ3n) is 11.2. The van der Waals surface area contributed by atoms with Crippen LogP contribution in [-0.2, 0) is 5.41 Å². The van der Waals surface area contributed by atoms with Gasteiger partial charge in [-0.25, -0.2) is 15.0 Å². The van der Waals surface area contributed by atoms with Crippen LogP contribution in [0.4, 0.5) is 0 Å². The summed E-state index contributed by atoms with van der Waals surface area (Å²) < 4.78 is 0. The van der Waals surface area contributed by atoms with Crippen LogP contribution in [0.25, 0.3) is 56.4 Å². The number of aromatic nitrogens is 3. The largest absolute Gasteiger partial charge is 0.208 e. The molecule has 0 radical (unpaired) electrons. The molecule has 8 rings (SSSR count). The van der Waals surface area contributed by atoms with Crippen LogP contribution in [0.3, 0.4) is 0 Å². The third kappa shape index (κ3) is 6.25. The van der Waals surface area contributed by atoms with Gasteiger partial charge in [-0.05, 0) is 113 Å². The summed E-state index contributed by atoms with van der Waals surface area (Å²) in [6, 6.07) is 46.4. The van der Waals surface area contributed by atoms with Gasteiger partial charge in [0.1, 0.15) is 0 Å². The fraction of sp³-hybridized carbons (Fsp3) is 0.261. The zero-order valence-corrected chi connectivity index (χ0v) is 28.9. The standard InChI is InChI=1S/C46H42N4/c1-3-32-25-34-24-31(2)27-46(28-32,29-34)40-21-18-36(19-22-40)41-23-20-39(26-42(41)35-10-6-4-7-11-35)45-49-43(37-12-8-5-9-13-37)48-44(50-45)38-16-14-33(30-47)15-17-38/h4-23,26,31-32,34H,3,24-25,27-29H2,1-2H3/t31-,32+,34-,46?/m0/s1. The van der Waals surface area contributed by atoms with Gasteiger partial charge < -0.3 is 0 Å². The van der Waals surface area contributed by atoms with Gasteiger partial charge in [0, 0.05) is 16.7 Å². The van der Waals surface area contributed by atoms with Crippen molar-refractivity contribution in [3.63, 3.8) is 0 Å². The molecule has 246 valence electrons. The maximum atomic E-state index is 9.35. The number of fused-ring (bicyclic) bond motifs is 2. The molecule has 4 nitrogen and oxygen atoms in total. The Morgan fingerprint density at radius 3 is 1.80 bits per heavy atom. The molecule has 6 aromatic rings. The summed E-state index contributed by atoms with van der Waals surface area (Å²) in [6.07, 6.45) is 8.08. The molecule has 1 unspecified atom stereocenters. The lowest BCUT2D eigenvalue weighted by Gasteiger charge is -2.51. The molecular weight excluding hydrogens is 609 g/mol. The summed E-state index contributed by atoms with van der Waals surface area (Å²) in [6.45, 7) is 4.85. The highest BCUT2D eigenvalue weighted by molar-refractivity contribution is 5.86. The van der Waals surface area contributed by atoms with E-state index in [1.54, 1.807) is 12.1 Å². The van der Waals surface area contributed by atoms with Crippen LogP contribution in [0.1, 0.15) is 63.5 Å². The maximum Gasteiger partial charge on any atom is 0.164 e. The van der Waals surface area contributed by atoms with Gasteiger partial charge in [-0.1, -0.05) is 117 Å². The second kappa shape index (κ2) is 13.5. The molecule has 1 heterocycles. The molecule has 4 atom stereocenters. The second-order valence-corrected chi connectivity index (χ2v) is 14.7. The first-order chi connectivity index (χ1) is 24.5. The van der Waals surface area contributed by atoms with E-state index in [1.807, 2.05) is 42.5 Å². The van der Waals surface area contributed by atoms with E-state index in [9.17, 15) is 5.26 Å². The fourth-order valence-electron chi connectivity index (χ4n) is 9.00. The van der Waals surface area contributed by atoms with E-state index in [2.05, 4.69) is 92.7 Å². The minimum Gasteiger partial charge on any atom is -0.208 e. The SMILES string of the molecule is CC[C@@H]1C[C@@H]2C[C@H](C)CC(c3ccc(-c4ccc(-c5nc(-c6ccccc6)nc(-c6ccc(C#N)cc6)n5)cc4-c4ccccc4)cc3)(C1)C2. The Kier molecular flexibility index (Phi) is 8.59. The van der Waals surface area contributed by atoms with Crippen molar-refractivity contribution in [3.05, 3.63) is 139 Å². The molecule has 2 bridgehead atoms. The molecule has 5 aromatic carbocycles. The Balaban J connectivity index is 1.21. The molecule has 2 fully saturated rings. The molecule has 0 N–H and O–H groups in total. The van der Waals surface area contributed by atoms with Crippen molar-refractivity contribution in [2.45, 2.75) is 57.8 Å². The summed E-state index contributed by atoms with van der Waals surface area (Å²) >= 11 is 0. The van der Waals surface area contributed by atoms with Crippen molar-refractivity contribution in [1.29, 1.82) is 5.26 Å². The molecular formula is C46H42N4. The van der Waals surface area contributed by atoms with Gasteiger partial charge in [0.05, 0.1) is 11.6 Å². The summed E-state index contributed by atoms with van der Waals surface area (Å²) in [7, 11) is 0. The van der Waals surface area contributed by atoms with Crippen LogP contribution in [0.5, 0.6) is 0 Å². The maximum absolute atomic E-state index is 9.35. The van der Waals surface area contributed by atoms with Crippen LogP contribution in [0, 0.1) is 29.1 Å². The fourth-order valence-corrected chi connectivity index (χ4v) is 9.00. The van der Waals surface area contributed by atoms with E-state index >= 15 is 0 Å². The molecule has 2 aliphatic rings. The van der Waals surface area contributed by atoms with Crippen molar-refractivity contribution in [1.82, 2.24) is 15.0 Å². The predicted octanol–water partition coefficient (Wildman–Crippen LogP) is 11.6. The third-order valence-corrected chi connectivity index (χ3v) is 11.2. The van der Waals surface area contributed by atoms with Gasteiger partial charge in [-0.3, -0.25) is 0 Å². The minimum atomic E-state index is 0.313. The van der Waals surface area contributed by atoms with Gasteiger partial charge in [0.15, 0.2) is 17.5 Å². The summed E-state index contributed by atoms with van der Waals surface area (Å²) in [5, 5.41) is 9.35. The highest BCUT2D eigenvalue weighted by Crippen LogP contribution is 2.55. The molecule has 0 amide bonds. The number of rotatable bonds is 7. The Bertz CT molecular complexity index is 2150. The summed E-state index contributed by atoms with van der Waals surface area (Å²) in [4.78, 5) is 14.9. The van der Waals surface area contributed by atoms with E-state index < -0.39 is 0 Å². The average molecular weight is 651 g/mol. The highest BCUT2D eigenvalue weighted by Gasteiger charge is 2.45. The van der Waals surface area contributed by atoms with Crippen molar-refractivity contribution < 1.29 is 0 Å². The second-order valence-electron chi connectivity index (χ2n) is 14.7. The van der Waals surface area contributed by atoms with Crippen LogP contribution in [0.2, 0.25) is 0 Å². The first kappa shape index (κ1) is 31.8. The Hall–Kier alpha value is -5.40. The molecule has 2 saturated carbocycles. The normalized spacial score (nSPS) is 21.3. The van der Waals surface area contributed by atoms with Crippen molar-refractivity contribution in [2.75, 3.05) is 0 Å². The first-order valence-electron chi connectivity index (χ1n) is 18.1. The molecule has 50 heavy (non-hydrogen) atoms. The highest BCUT2D eigenvalue weighted by atomic mass is 15.0. The quantitative estimate of drug-likeness (QED) is 0.172. The average Bonchev–Trinajstić information content (AvgIpc) is 3.17. The zero-order valence-electron chi connectivity index (χ0n) is 28.9. The van der Waals surface area contributed by atoms with Gasteiger partial charge >= 0.3 is 0 Å². The lowest BCUT2D eigenvalue weighted by atomic mass is 9.54. The first-order valence-corrected chi connectivity index (χ1v) is 18.1. The van der Waals surface area contributed by atoms with Gasteiger partial charge in [0.25, 0.3) is 0 Å². The van der Waals surface area contributed by atoms with Crippen LogP contribution < -0.4 is 0 Å². The summed E-state index contributed by atoms with van der Waals surface area (Å²) in [5.74, 6) is 4.30. The number of hydrogen-bond acceptors (Lipinski definition) is 4. The summed E-state index contributed by atoms with van der Waals surface area (Å²) in [5.41, 5.74) is 9.84. The minimum absolute atomic E-state index is 0.313.